The van der Waals surface area contributed by atoms with Crippen LogP contribution in [0.3, 0.4) is 0 Å². The number of thiazole rings is 1. The predicted molar refractivity (Wildman–Crippen MR) is 66.3 cm³/mol. The van der Waals surface area contributed by atoms with Gasteiger partial charge in [-0.1, -0.05) is 23.7 Å². The molecular formula is C12H10ClNOS. The van der Waals surface area contributed by atoms with E-state index in [0.29, 0.717) is 17.0 Å². The second-order valence-corrected chi connectivity index (χ2v) is 4.91. The van der Waals surface area contributed by atoms with E-state index in [1.54, 1.807) is 17.8 Å². The van der Waals surface area contributed by atoms with Crippen LogP contribution in [0, 0.1) is 6.92 Å². The summed E-state index contributed by atoms with van der Waals surface area (Å²) in [5, 5.41) is 0.634. The van der Waals surface area contributed by atoms with E-state index in [1.165, 1.54) is 11.3 Å². The average Bonchev–Trinajstić information content (AvgIpc) is 2.74. The minimum absolute atomic E-state index is 0.0751. The molecule has 0 aliphatic heterocycles. The molecule has 0 aliphatic rings. The Morgan fingerprint density at radius 2 is 2.31 bits per heavy atom. The largest absolute Gasteiger partial charge is 0.294 e. The Morgan fingerprint density at radius 3 is 2.94 bits per heavy atom. The van der Waals surface area contributed by atoms with Crippen molar-refractivity contribution in [3.05, 3.63) is 50.9 Å². The van der Waals surface area contributed by atoms with E-state index in [4.69, 9.17) is 11.6 Å². The van der Waals surface area contributed by atoms with Crippen LogP contribution in [0.2, 0.25) is 5.02 Å². The molecule has 0 saturated heterocycles. The van der Waals surface area contributed by atoms with Crippen LogP contribution in [0.15, 0.2) is 29.9 Å². The van der Waals surface area contributed by atoms with Gasteiger partial charge in [-0.25, -0.2) is 0 Å². The van der Waals surface area contributed by atoms with Crippen LogP contribution in [-0.2, 0) is 6.42 Å². The number of carbonyl (C=O) groups excluding carboxylic acids is 1. The van der Waals surface area contributed by atoms with E-state index in [1.807, 2.05) is 19.1 Å². The molecule has 1 aromatic carbocycles. The van der Waals surface area contributed by atoms with Crippen molar-refractivity contribution in [2.24, 2.45) is 0 Å². The summed E-state index contributed by atoms with van der Waals surface area (Å²) in [6.45, 7) is 1.92. The van der Waals surface area contributed by atoms with Crippen LogP contribution in [0.25, 0.3) is 0 Å². The van der Waals surface area contributed by atoms with E-state index in [-0.39, 0.29) is 5.78 Å². The number of aryl methyl sites for hydroxylation is 1. The first-order valence-electron chi connectivity index (χ1n) is 4.83. The first kappa shape index (κ1) is 11.3. The zero-order valence-corrected chi connectivity index (χ0v) is 10.3. The van der Waals surface area contributed by atoms with Crippen molar-refractivity contribution >= 4 is 28.7 Å². The molecule has 1 heterocycles. The van der Waals surface area contributed by atoms with Gasteiger partial charge in [0.15, 0.2) is 5.78 Å². The number of hydrogen-bond acceptors (Lipinski definition) is 3. The van der Waals surface area contributed by atoms with Crippen molar-refractivity contribution in [2.75, 3.05) is 0 Å². The number of ketones is 1. The first-order valence-corrected chi connectivity index (χ1v) is 6.09. The first-order chi connectivity index (χ1) is 7.66. The summed E-state index contributed by atoms with van der Waals surface area (Å²) in [4.78, 5) is 16.8. The minimum atomic E-state index is 0.0751. The van der Waals surface area contributed by atoms with Gasteiger partial charge in [0.2, 0.25) is 0 Å². The van der Waals surface area contributed by atoms with Crippen LogP contribution < -0.4 is 0 Å². The fraction of sp³-hybridized carbons (Fsp3) is 0.167. The third-order valence-corrected chi connectivity index (χ3v) is 3.50. The topological polar surface area (TPSA) is 30.0 Å². The maximum absolute atomic E-state index is 11.9. The van der Waals surface area contributed by atoms with Crippen LogP contribution in [0.4, 0.5) is 0 Å². The van der Waals surface area contributed by atoms with Crippen LogP contribution in [-0.4, -0.2) is 10.8 Å². The number of benzene rings is 1. The lowest BCUT2D eigenvalue weighted by atomic mass is 10.1. The quantitative estimate of drug-likeness (QED) is 0.781. The van der Waals surface area contributed by atoms with Gasteiger partial charge >= 0.3 is 0 Å². The highest BCUT2D eigenvalue weighted by atomic mass is 35.5. The molecule has 0 unspecified atom stereocenters. The molecule has 0 amide bonds. The third-order valence-electron chi connectivity index (χ3n) is 2.31. The zero-order valence-electron chi connectivity index (χ0n) is 8.74. The summed E-state index contributed by atoms with van der Waals surface area (Å²) in [6.07, 6.45) is 2.11. The van der Waals surface area contributed by atoms with E-state index >= 15 is 0 Å². The van der Waals surface area contributed by atoms with E-state index in [2.05, 4.69) is 4.98 Å². The Bertz CT molecular complexity index is 508. The van der Waals surface area contributed by atoms with Crippen LogP contribution in [0.1, 0.15) is 20.8 Å². The van der Waals surface area contributed by atoms with E-state index in [0.717, 1.165) is 10.4 Å². The number of rotatable bonds is 3. The summed E-state index contributed by atoms with van der Waals surface area (Å²) < 4.78 is 0. The second-order valence-electron chi connectivity index (χ2n) is 3.53. The molecule has 0 atom stereocenters. The molecule has 0 fully saturated rings. The van der Waals surface area contributed by atoms with Crippen LogP contribution in [0.5, 0.6) is 0 Å². The van der Waals surface area contributed by atoms with Gasteiger partial charge in [0.25, 0.3) is 0 Å². The van der Waals surface area contributed by atoms with Crippen molar-refractivity contribution in [2.45, 2.75) is 13.3 Å². The molecule has 4 heteroatoms. The smallest absolute Gasteiger partial charge is 0.168 e. The summed E-state index contributed by atoms with van der Waals surface area (Å²) in [6, 6.07) is 5.40. The van der Waals surface area contributed by atoms with Gasteiger partial charge in [-0.15, -0.1) is 11.3 Å². The zero-order chi connectivity index (χ0) is 11.5. The predicted octanol–water partition coefficient (Wildman–Crippen LogP) is 3.53. The maximum atomic E-state index is 11.9. The second kappa shape index (κ2) is 4.76. The van der Waals surface area contributed by atoms with Gasteiger partial charge < -0.3 is 0 Å². The van der Waals surface area contributed by atoms with Crippen molar-refractivity contribution < 1.29 is 4.79 Å². The molecular weight excluding hydrogens is 242 g/mol. The Labute approximate surface area is 103 Å². The van der Waals surface area contributed by atoms with Gasteiger partial charge in [0, 0.05) is 28.1 Å². The van der Waals surface area contributed by atoms with Gasteiger partial charge in [0.05, 0.1) is 5.51 Å². The molecule has 2 nitrogen and oxygen atoms in total. The fourth-order valence-corrected chi connectivity index (χ4v) is 2.13. The Balaban J connectivity index is 2.18. The molecule has 0 spiro atoms. The molecule has 0 saturated carbocycles. The standard InChI is InChI=1S/C12H10ClNOS/c1-8-2-3-9(4-11(8)13)12(15)5-10-6-14-7-16-10/h2-4,6-7H,5H2,1H3. The Morgan fingerprint density at radius 1 is 1.50 bits per heavy atom. The van der Waals surface area contributed by atoms with Crippen molar-refractivity contribution in [3.63, 3.8) is 0 Å². The Hall–Kier alpha value is -1.19. The van der Waals surface area contributed by atoms with Crippen molar-refractivity contribution in [1.82, 2.24) is 4.98 Å². The maximum Gasteiger partial charge on any atom is 0.168 e. The summed E-state index contributed by atoms with van der Waals surface area (Å²) >= 11 is 7.47. The lowest BCUT2D eigenvalue weighted by Crippen LogP contribution is -2.02. The summed E-state index contributed by atoms with van der Waals surface area (Å²) in [5.74, 6) is 0.0751. The van der Waals surface area contributed by atoms with E-state index in [9.17, 15) is 4.79 Å². The van der Waals surface area contributed by atoms with E-state index < -0.39 is 0 Å². The molecule has 82 valence electrons. The summed E-state index contributed by atoms with van der Waals surface area (Å²) in [5.41, 5.74) is 3.37. The highest BCUT2D eigenvalue weighted by Crippen LogP contribution is 2.18. The molecule has 1 aromatic heterocycles. The fourth-order valence-electron chi connectivity index (χ4n) is 1.36. The number of aromatic nitrogens is 1. The minimum Gasteiger partial charge on any atom is -0.294 e. The number of halogens is 1. The Kier molecular flexibility index (Phi) is 3.36. The monoisotopic (exact) mass is 251 g/mol. The SMILES string of the molecule is Cc1ccc(C(=O)Cc2cncs2)cc1Cl. The number of carbonyl (C=O) groups is 1. The molecule has 16 heavy (non-hydrogen) atoms. The molecule has 0 bridgehead atoms. The number of nitrogens with zero attached hydrogens (tertiary/aromatic N) is 1. The molecule has 2 aromatic rings. The van der Waals surface area contributed by atoms with Gasteiger partial charge in [-0.3, -0.25) is 9.78 Å². The average molecular weight is 252 g/mol. The molecule has 0 N–H and O–H groups in total. The van der Waals surface area contributed by atoms with Gasteiger partial charge in [0.1, 0.15) is 0 Å². The lowest BCUT2D eigenvalue weighted by molar-refractivity contribution is 0.0994. The van der Waals surface area contributed by atoms with Crippen LogP contribution >= 0.6 is 22.9 Å². The van der Waals surface area contributed by atoms with Crippen molar-refractivity contribution in [1.29, 1.82) is 0 Å². The van der Waals surface area contributed by atoms with Gasteiger partial charge in [-0.05, 0) is 18.6 Å². The van der Waals surface area contributed by atoms with Gasteiger partial charge in [-0.2, -0.15) is 0 Å². The normalized spacial score (nSPS) is 10.4. The number of hydrogen-bond donors (Lipinski definition) is 0. The highest BCUT2D eigenvalue weighted by Gasteiger charge is 2.09. The third kappa shape index (κ3) is 2.49. The lowest BCUT2D eigenvalue weighted by Gasteiger charge is -2.02. The molecule has 0 aliphatic carbocycles. The number of Topliss-reactive ketones (excluding diaryl/α,β-unsaturated/α-hetero) is 1. The van der Waals surface area contributed by atoms with Crippen molar-refractivity contribution in [3.8, 4) is 0 Å². The molecule has 0 radical (unpaired) electrons. The molecule has 2 rings (SSSR count). The summed E-state index contributed by atoms with van der Waals surface area (Å²) in [7, 11) is 0. The highest BCUT2D eigenvalue weighted by molar-refractivity contribution is 7.09.